The van der Waals surface area contributed by atoms with Crippen LogP contribution in [-0.4, -0.2) is 20.7 Å². The molecule has 21 heavy (non-hydrogen) atoms. The predicted molar refractivity (Wildman–Crippen MR) is 78.1 cm³/mol. The summed E-state index contributed by atoms with van der Waals surface area (Å²) >= 11 is 0. The van der Waals surface area contributed by atoms with Crippen LogP contribution in [0.15, 0.2) is 36.7 Å². The molecule has 3 N–H and O–H groups in total. The van der Waals surface area contributed by atoms with Gasteiger partial charge in [0.25, 0.3) is 0 Å². The molecule has 1 heterocycles. The molecule has 0 bridgehead atoms. The second-order valence-electron chi connectivity index (χ2n) is 5.64. The van der Waals surface area contributed by atoms with E-state index in [4.69, 9.17) is 5.73 Å². The maximum atomic E-state index is 12.4. The lowest BCUT2D eigenvalue weighted by molar-refractivity contribution is -0.126. The Bertz CT molecular complexity index is 631. The molecule has 1 saturated carbocycles. The number of carbonyl (C=O) groups excluding carboxylic acids is 1. The fourth-order valence-corrected chi connectivity index (χ4v) is 2.31. The Hall–Kier alpha value is -2.21. The van der Waals surface area contributed by atoms with Gasteiger partial charge in [0.2, 0.25) is 5.91 Å². The van der Waals surface area contributed by atoms with E-state index < -0.39 is 5.54 Å². The van der Waals surface area contributed by atoms with Gasteiger partial charge in [0.15, 0.2) is 5.82 Å². The van der Waals surface area contributed by atoms with Gasteiger partial charge in [0, 0.05) is 6.04 Å². The Kier molecular flexibility index (Phi) is 3.47. The molecule has 2 aromatic rings. The lowest BCUT2D eigenvalue weighted by Crippen LogP contribution is -2.48. The van der Waals surface area contributed by atoms with E-state index in [0.717, 1.165) is 24.2 Å². The number of amides is 1. The molecule has 1 atom stereocenters. The molecule has 110 valence electrons. The maximum Gasteiger partial charge on any atom is 0.244 e. The zero-order valence-corrected chi connectivity index (χ0v) is 12.0. The van der Waals surface area contributed by atoms with Crippen molar-refractivity contribution in [3.05, 3.63) is 48.0 Å². The summed E-state index contributed by atoms with van der Waals surface area (Å²) in [6, 6.07) is 9.84. The van der Waals surface area contributed by atoms with Gasteiger partial charge in [-0.2, -0.15) is 0 Å². The smallest absolute Gasteiger partial charge is 0.244 e. The molecular weight excluding hydrogens is 266 g/mol. The van der Waals surface area contributed by atoms with Gasteiger partial charge in [-0.1, -0.05) is 30.3 Å². The summed E-state index contributed by atoms with van der Waals surface area (Å²) in [6.45, 7) is 2.05. The summed E-state index contributed by atoms with van der Waals surface area (Å²) in [4.78, 5) is 12.4. The highest BCUT2D eigenvalue weighted by Gasteiger charge is 2.31. The van der Waals surface area contributed by atoms with Crippen molar-refractivity contribution < 1.29 is 4.79 Å². The van der Waals surface area contributed by atoms with E-state index in [9.17, 15) is 4.79 Å². The minimum atomic E-state index is -1.06. The summed E-state index contributed by atoms with van der Waals surface area (Å²) in [5.41, 5.74) is 5.90. The van der Waals surface area contributed by atoms with Crippen molar-refractivity contribution in [2.75, 3.05) is 0 Å². The molecule has 1 aliphatic carbocycles. The highest BCUT2D eigenvalue weighted by molar-refractivity contribution is 5.86. The number of hydrogen-bond donors (Lipinski definition) is 2. The second kappa shape index (κ2) is 5.29. The van der Waals surface area contributed by atoms with Gasteiger partial charge in [0.1, 0.15) is 11.9 Å². The molecule has 0 aliphatic heterocycles. The van der Waals surface area contributed by atoms with Crippen LogP contribution in [0.25, 0.3) is 0 Å². The van der Waals surface area contributed by atoms with Gasteiger partial charge in [0.05, 0.1) is 6.54 Å². The summed E-state index contributed by atoms with van der Waals surface area (Å²) in [6.07, 6.45) is 4.02. The summed E-state index contributed by atoms with van der Waals surface area (Å²) in [5.74, 6) is 0.550. The average Bonchev–Trinajstić information content (AvgIpc) is 3.24. The van der Waals surface area contributed by atoms with Gasteiger partial charge < -0.3 is 15.6 Å². The molecule has 1 aliphatic rings. The maximum absolute atomic E-state index is 12.4. The molecule has 1 amide bonds. The highest BCUT2D eigenvalue weighted by Crippen LogP contribution is 2.35. The molecule has 1 unspecified atom stereocenters. The number of rotatable bonds is 5. The third-order valence-electron chi connectivity index (χ3n) is 3.84. The average molecular weight is 285 g/mol. The van der Waals surface area contributed by atoms with E-state index >= 15 is 0 Å². The van der Waals surface area contributed by atoms with E-state index in [-0.39, 0.29) is 5.91 Å². The molecule has 0 saturated heterocycles. The number of benzene rings is 1. The first-order valence-electron chi connectivity index (χ1n) is 7.10. The quantitative estimate of drug-likeness (QED) is 0.861. The lowest BCUT2D eigenvalue weighted by atomic mass is 9.92. The first-order chi connectivity index (χ1) is 10.1. The van der Waals surface area contributed by atoms with Crippen LogP contribution < -0.4 is 11.1 Å². The minimum absolute atomic E-state index is 0.223. The largest absolute Gasteiger partial charge is 0.347 e. The third kappa shape index (κ3) is 2.80. The first-order valence-corrected chi connectivity index (χ1v) is 7.10. The summed E-state index contributed by atoms with van der Waals surface area (Å²) < 4.78 is 2.02. The Morgan fingerprint density at radius 1 is 1.43 bits per heavy atom. The third-order valence-corrected chi connectivity index (χ3v) is 3.84. The van der Waals surface area contributed by atoms with E-state index in [2.05, 4.69) is 15.5 Å². The van der Waals surface area contributed by atoms with Crippen LogP contribution in [0.2, 0.25) is 0 Å². The molecule has 3 rings (SSSR count). The number of nitrogens with two attached hydrogens (primary N) is 1. The highest BCUT2D eigenvalue weighted by atomic mass is 16.2. The molecule has 1 fully saturated rings. The monoisotopic (exact) mass is 285 g/mol. The predicted octanol–water partition coefficient (Wildman–Crippen LogP) is 1.10. The van der Waals surface area contributed by atoms with Gasteiger partial charge in [-0.15, -0.1) is 10.2 Å². The van der Waals surface area contributed by atoms with Gasteiger partial charge in [-0.25, -0.2) is 0 Å². The van der Waals surface area contributed by atoms with E-state index in [1.54, 1.807) is 13.3 Å². The zero-order chi connectivity index (χ0) is 14.9. The molecule has 0 spiro atoms. The molecule has 1 aromatic carbocycles. The van der Waals surface area contributed by atoms with Crippen LogP contribution >= 0.6 is 0 Å². The van der Waals surface area contributed by atoms with Crippen molar-refractivity contribution >= 4 is 5.91 Å². The van der Waals surface area contributed by atoms with Crippen molar-refractivity contribution in [3.63, 3.8) is 0 Å². The van der Waals surface area contributed by atoms with Crippen LogP contribution in [0.4, 0.5) is 0 Å². The lowest BCUT2D eigenvalue weighted by Gasteiger charge is -2.24. The van der Waals surface area contributed by atoms with Crippen LogP contribution in [-0.2, 0) is 16.9 Å². The van der Waals surface area contributed by atoms with Crippen molar-refractivity contribution in [1.29, 1.82) is 0 Å². The van der Waals surface area contributed by atoms with Crippen molar-refractivity contribution in [2.24, 2.45) is 5.73 Å². The van der Waals surface area contributed by atoms with Crippen molar-refractivity contribution in [3.8, 4) is 0 Å². The topological polar surface area (TPSA) is 85.8 Å². The van der Waals surface area contributed by atoms with E-state index in [1.807, 2.05) is 34.9 Å². The minimum Gasteiger partial charge on any atom is -0.347 e. The number of aromatic nitrogens is 3. The Balaban J connectivity index is 1.67. The first kappa shape index (κ1) is 13.8. The molecule has 1 aromatic heterocycles. The van der Waals surface area contributed by atoms with E-state index in [0.29, 0.717) is 12.6 Å². The van der Waals surface area contributed by atoms with Gasteiger partial charge >= 0.3 is 0 Å². The molecular formula is C15H19N5O. The van der Waals surface area contributed by atoms with Gasteiger partial charge in [-0.05, 0) is 25.3 Å². The zero-order valence-electron chi connectivity index (χ0n) is 12.0. The Morgan fingerprint density at radius 2 is 2.14 bits per heavy atom. The van der Waals surface area contributed by atoms with Crippen molar-refractivity contribution in [2.45, 2.75) is 37.9 Å². The molecule has 0 radical (unpaired) electrons. The van der Waals surface area contributed by atoms with Crippen molar-refractivity contribution in [1.82, 2.24) is 20.1 Å². The molecule has 6 nitrogen and oxygen atoms in total. The summed E-state index contributed by atoms with van der Waals surface area (Å²) in [7, 11) is 0. The number of carbonyl (C=O) groups is 1. The fourth-order valence-electron chi connectivity index (χ4n) is 2.31. The normalized spacial score (nSPS) is 17.2. The Morgan fingerprint density at radius 3 is 2.81 bits per heavy atom. The number of nitrogens with zero attached hydrogens (tertiary/aromatic N) is 3. The van der Waals surface area contributed by atoms with Crippen LogP contribution in [0, 0.1) is 0 Å². The van der Waals surface area contributed by atoms with Crippen LogP contribution in [0.3, 0.4) is 0 Å². The summed E-state index contributed by atoms with van der Waals surface area (Å²) in [5, 5.41) is 10.8. The standard InChI is InChI=1S/C15H19N5O/c1-15(16,11-5-3-2-4-6-11)14(21)17-9-13-19-18-10-20(13)12-7-8-12/h2-6,10,12H,7-9,16H2,1H3,(H,17,21). The fraction of sp³-hybridized carbons (Fsp3) is 0.400. The second-order valence-corrected chi connectivity index (χ2v) is 5.64. The number of nitrogens with one attached hydrogen (secondary N) is 1. The molecule has 6 heteroatoms. The van der Waals surface area contributed by atoms with Gasteiger partial charge in [-0.3, -0.25) is 4.79 Å². The number of hydrogen-bond acceptors (Lipinski definition) is 4. The van der Waals surface area contributed by atoms with Crippen LogP contribution in [0.5, 0.6) is 0 Å². The van der Waals surface area contributed by atoms with Crippen LogP contribution in [0.1, 0.15) is 37.2 Å². The Labute approximate surface area is 123 Å². The van der Waals surface area contributed by atoms with E-state index in [1.165, 1.54) is 0 Å². The SMILES string of the molecule is CC(N)(C(=O)NCc1nncn1C1CC1)c1ccccc1.